The van der Waals surface area contributed by atoms with Crippen molar-refractivity contribution in [2.45, 2.75) is 26.3 Å². The minimum absolute atomic E-state index is 0.0813. The maximum absolute atomic E-state index is 13.2. The quantitative estimate of drug-likeness (QED) is 0.883. The van der Waals surface area contributed by atoms with E-state index in [9.17, 15) is 18.0 Å². The average molecular weight is 366 g/mol. The molecule has 0 unspecified atom stereocenters. The Bertz CT molecular complexity index is 816. The summed E-state index contributed by atoms with van der Waals surface area (Å²) in [4.78, 5) is 16.0. The van der Waals surface area contributed by atoms with E-state index in [1.54, 1.807) is 6.07 Å². The van der Waals surface area contributed by atoms with Gasteiger partial charge in [-0.3, -0.25) is 9.69 Å². The number of anilines is 1. The fourth-order valence-corrected chi connectivity index (χ4v) is 3.26. The van der Waals surface area contributed by atoms with Crippen molar-refractivity contribution in [1.29, 1.82) is 0 Å². The first kappa shape index (κ1) is 18.4. The van der Waals surface area contributed by atoms with E-state index in [2.05, 4.69) is 15.1 Å². The molecule has 1 aromatic heterocycles. The fraction of sp³-hybridized carbons (Fsp3) is 0.444. The Balaban J connectivity index is 1.67. The van der Waals surface area contributed by atoms with E-state index in [0.717, 1.165) is 24.2 Å². The molecule has 2 heterocycles. The van der Waals surface area contributed by atoms with E-state index in [1.165, 1.54) is 18.3 Å². The summed E-state index contributed by atoms with van der Waals surface area (Å²) in [6.45, 7) is 5.25. The van der Waals surface area contributed by atoms with Crippen LogP contribution < -0.4 is 10.5 Å². The van der Waals surface area contributed by atoms with E-state index < -0.39 is 18.4 Å². The second-order valence-corrected chi connectivity index (χ2v) is 6.49. The Labute approximate surface area is 149 Å². The van der Waals surface area contributed by atoms with Gasteiger partial charge in [0, 0.05) is 44.7 Å². The maximum Gasteiger partial charge on any atom is 0.269 e. The Morgan fingerprint density at radius 2 is 1.96 bits per heavy atom. The number of hydrogen-bond acceptors (Lipinski definition) is 4. The Hall–Kier alpha value is -2.35. The lowest BCUT2D eigenvalue weighted by Crippen LogP contribution is -2.46. The van der Waals surface area contributed by atoms with Crippen LogP contribution in [-0.2, 0) is 13.0 Å². The number of piperazine rings is 1. The lowest BCUT2D eigenvalue weighted by atomic mass is 10.1. The van der Waals surface area contributed by atoms with Gasteiger partial charge in [0.05, 0.1) is 11.9 Å². The molecule has 0 bridgehead atoms. The maximum atomic E-state index is 13.2. The van der Waals surface area contributed by atoms with Crippen molar-refractivity contribution in [3.8, 4) is 0 Å². The summed E-state index contributed by atoms with van der Waals surface area (Å²) in [5.74, 6) is -0.246. The van der Waals surface area contributed by atoms with Crippen LogP contribution in [0.1, 0.15) is 16.7 Å². The van der Waals surface area contributed by atoms with Gasteiger partial charge in [0.1, 0.15) is 5.82 Å². The third kappa shape index (κ3) is 4.24. The van der Waals surface area contributed by atoms with Crippen LogP contribution in [0.25, 0.3) is 0 Å². The Kier molecular flexibility index (Phi) is 5.61. The summed E-state index contributed by atoms with van der Waals surface area (Å²) in [6, 6.07) is 4.76. The van der Waals surface area contributed by atoms with Crippen LogP contribution in [0.2, 0.25) is 0 Å². The first-order valence-corrected chi connectivity index (χ1v) is 8.51. The van der Waals surface area contributed by atoms with Gasteiger partial charge in [-0.15, -0.1) is 0 Å². The molecule has 2 aromatic rings. The molecule has 8 heteroatoms. The van der Waals surface area contributed by atoms with Gasteiger partial charge in [-0.1, -0.05) is 6.07 Å². The third-order valence-electron chi connectivity index (χ3n) is 4.71. The number of aromatic amines is 1. The van der Waals surface area contributed by atoms with Crippen molar-refractivity contribution in [2.24, 2.45) is 0 Å². The molecular formula is C18H21F3N4O. The van der Waals surface area contributed by atoms with E-state index in [4.69, 9.17) is 0 Å². The van der Waals surface area contributed by atoms with Gasteiger partial charge >= 0.3 is 0 Å². The van der Waals surface area contributed by atoms with Crippen molar-refractivity contribution in [1.82, 2.24) is 15.1 Å². The number of rotatable bonds is 5. The molecule has 0 aliphatic carbocycles. The van der Waals surface area contributed by atoms with Crippen molar-refractivity contribution in [2.75, 3.05) is 31.1 Å². The monoisotopic (exact) mass is 366 g/mol. The molecular weight excluding hydrogens is 345 g/mol. The van der Waals surface area contributed by atoms with Crippen molar-refractivity contribution in [3.63, 3.8) is 0 Å². The number of H-pyrrole nitrogens is 1. The normalized spacial score (nSPS) is 15.7. The SMILES string of the molecule is Cc1cc(F)ccc1CN1CCN(c2cn[nH]c(=O)c2CC(F)F)CC1. The van der Waals surface area contributed by atoms with Gasteiger partial charge in [-0.2, -0.15) is 5.10 Å². The second-order valence-electron chi connectivity index (χ2n) is 6.49. The molecule has 3 rings (SSSR count). The minimum Gasteiger partial charge on any atom is -0.367 e. The van der Waals surface area contributed by atoms with Crippen molar-refractivity contribution >= 4 is 5.69 Å². The molecule has 1 fully saturated rings. The van der Waals surface area contributed by atoms with E-state index >= 15 is 0 Å². The zero-order chi connectivity index (χ0) is 18.7. The number of hydrogen-bond donors (Lipinski definition) is 1. The van der Waals surface area contributed by atoms with E-state index in [1.807, 2.05) is 11.8 Å². The van der Waals surface area contributed by atoms with Crippen molar-refractivity contribution in [3.05, 3.63) is 57.3 Å². The average Bonchev–Trinajstić information content (AvgIpc) is 2.60. The molecule has 5 nitrogen and oxygen atoms in total. The lowest BCUT2D eigenvalue weighted by molar-refractivity contribution is 0.148. The predicted octanol–water partition coefficient (Wildman–Crippen LogP) is 2.35. The molecule has 1 saturated heterocycles. The Morgan fingerprint density at radius 3 is 2.62 bits per heavy atom. The number of nitrogens with one attached hydrogen (secondary N) is 1. The highest BCUT2D eigenvalue weighted by molar-refractivity contribution is 5.51. The topological polar surface area (TPSA) is 52.2 Å². The van der Waals surface area contributed by atoms with Gasteiger partial charge in [-0.05, 0) is 30.2 Å². The largest absolute Gasteiger partial charge is 0.367 e. The van der Waals surface area contributed by atoms with Crippen LogP contribution in [0, 0.1) is 12.7 Å². The number of halogens is 3. The first-order valence-electron chi connectivity index (χ1n) is 8.51. The van der Waals surface area contributed by atoms with Crippen LogP contribution >= 0.6 is 0 Å². The Morgan fingerprint density at radius 1 is 1.23 bits per heavy atom. The molecule has 1 aliphatic heterocycles. The predicted molar refractivity (Wildman–Crippen MR) is 93.2 cm³/mol. The number of benzene rings is 1. The second kappa shape index (κ2) is 7.90. The number of aryl methyl sites for hydroxylation is 1. The van der Waals surface area contributed by atoms with Crippen molar-refractivity contribution < 1.29 is 13.2 Å². The van der Waals surface area contributed by atoms with Crippen LogP contribution in [0.15, 0.2) is 29.2 Å². The highest BCUT2D eigenvalue weighted by Gasteiger charge is 2.23. The smallest absolute Gasteiger partial charge is 0.269 e. The van der Waals surface area contributed by atoms with Crippen LogP contribution in [-0.4, -0.2) is 47.7 Å². The van der Waals surface area contributed by atoms with Crippen LogP contribution in [0.3, 0.4) is 0 Å². The number of nitrogens with zero attached hydrogens (tertiary/aromatic N) is 3. The van der Waals surface area contributed by atoms with Gasteiger partial charge in [-0.25, -0.2) is 18.3 Å². The molecule has 1 aromatic carbocycles. The van der Waals surface area contributed by atoms with Gasteiger partial charge < -0.3 is 4.90 Å². The molecule has 0 atom stereocenters. The van der Waals surface area contributed by atoms with Crippen LogP contribution in [0.4, 0.5) is 18.9 Å². The summed E-state index contributed by atoms with van der Waals surface area (Å²) in [5, 5.41) is 5.99. The summed E-state index contributed by atoms with van der Waals surface area (Å²) in [7, 11) is 0. The zero-order valence-electron chi connectivity index (χ0n) is 14.5. The van der Waals surface area contributed by atoms with Gasteiger partial charge in [0.25, 0.3) is 5.56 Å². The summed E-state index contributed by atoms with van der Waals surface area (Å²) < 4.78 is 38.8. The third-order valence-corrected chi connectivity index (χ3v) is 4.71. The van der Waals surface area contributed by atoms with Crippen LogP contribution in [0.5, 0.6) is 0 Å². The molecule has 1 N–H and O–H groups in total. The number of alkyl halides is 2. The molecule has 0 spiro atoms. The zero-order valence-corrected chi connectivity index (χ0v) is 14.5. The molecule has 0 radical (unpaired) electrons. The number of aromatic nitrogens is 2. The molecule has 0 amide bonds. The van der Waals surface area contributed by atoms with E-state index in [-0.39, 0.29) is 11.4 Å². The molecule has 26 heavy (non-hydrogen) atoms. The van der Waals surface area contributed by atoms with Gasteiger partial charge in [0.2, 0.25) is 6.43 Å². The molecule has 0 saturated carbocycles. The van der Waals surface area contributed by atoms with Gasteiger partial charge in [0.15, 0.2) is 0 Å². The highest BCUT2D eigenvalue weighted by Crippen LogP contribution is 2.21. The lowest BCUT2D eigenvalue weighted by Gasteiger charge is -2.36. The summed E-state index contributed by atoms with van der Waals surface area (Å²) in [6.07, 6.45) is -1.72. The fourth-order valence-electron chi connectivity index (χ4n) is 3.26. The highest BCUT2D eigenvalue weighted by atomic mass is 19.3. The molecule has 1 aliphatic rings. The van der Waals surface area contributed by atoms with E-state index in [0.29, 0.717) is 25.3 Å². The summed E-state index contributed by atoms with van der Waals surface area (Å²) in [5.41, 5.74) is 1.97. The minimum atomic E-state index is -2.58. The molecule has 140 valence electrons. The summed E-state index contributed by atoms with van der Waals surface area (Å²) >= 11 is 0. The standard InChI is InChI=1S/C18H21F3N4O/c1-12-8-14(19)3-2-13(12)11-24-4-6-25(7-5-24)16-10-22-23-18(26)15(16)9-17(20)21/h2-3,8,10,17H,4-7,9,11H2,1H3,(H,23,26). The first-order chi connectivity index (χ1) is 12.4.